The summed E-state index contributed by atoms with van der Waals surface area (Å²) in [6, 6.07) is 0. The topological polar surface area (TPSA) is 32.3 Å². The van der Waals surface area contributed by atoms with E-state index in [1.165, 1.54) is 29.9 Å². The molecular formula is C2H3IO2-. The number of hydrogen-bond acceptors (Lipinski definition) is 2. The minimum absolute atomic E-state index is 0.259. The fourth-order valence-electron chi connectivity index (χ4n) is 0. The van der Waals surface area contributed by atoms with E-state index < -0.39 is 0 Å². The lowest BCUT2D eigenvalue weighted by atomic mass is 10.8. The monoisotopic (exact) mass is 186 g/mol. The molecule has 0 aromatic rings. The van der Waals surface area contributed by atoms with Crippen LogP contribution in [0.15, 0.2) is 0 Å². The second-order valence-electron chi connectivity index (χ2n) is 0.569. The molecule has 0 aromatic carbocycles. The van der Waals surface area contributed by atoms with E-state index in [0.29, 0.717) is 0 Å². The maximum atomic E-state index is 9.58. The molecule has 0 fully saturated rings. The van der Waals surface area contributed by atoms with Crippen LogP contribution in [0.2, 0.25) is 0 Å². The maximum absolute atomic E-state index is 9.58. The summed E-state index contributed by atoms with van der Waals surface area (Å²) < 4.78 is 4.08. The van der Waals surface area contributed by atoms with Crippen molar-refractivity contribution in [2.75, 3.05) is 0 Å². The number of hydrogen-bond donors (Lipinski definition) is 0. The lowest BCUT2D eigenvalue weighted by Gasteiger charge is -2.06. The van der Waals surface area contributed by atoms with Crippen molar-refractivity contribution in [3.8, 4) is 0 Å². The summed E-state index contributed by atoms with van der Waals surface area (Å²) in [5.41, 5.74) is 0. The molecule has 0 aromatic heterocycles. The molecular weight excluding hydrogens is 183 g/mol. The molecule has 3 heteroatoms. The van der Waals surface area contributed by atoms with Crippen molar-refractivity contribution in [3.05, 3.63) is 6.29 Å². The fourth-order valence-corrected chi connectivity index (χ4v) is 0. The first-order chi connectivity index (χ1) is 2.27. The number of rotatable bonds is 1. The van der Waals surface area contributed by atoms with Crippen LogP contribution in [0.5, 0.6) is 0 Å². The van der Waals surface area contributed by atoms with Gasteiger partial charge in [-0.3, -0.25) is 0 Å². The Morgan fingerprint density at radius 3 is 2.20 bits per heavy atom. The molecule has 1 radical (unpaired) electrons. The third-order valence-electron chi connectivity index (χ3n) is 0.109. The Kier molecular flexibility index (Phi) is 3.24. The summed E-state index contributed by atoms with van der Waals surface area (Å²) in [5.74, 6) is 0. The van der Waals surface area contributed by atoms with E-state index in [1.807, 2.05) is 0 Å². The molecule has 0 aliphatic heterocycles. The van der Waals surface area contributed by atoms with E-state index in [1.54, 1.807) is 0 Å². The summed E-state index contributed by atoms with van der Waals surface area (Å²) in [5, 5.41) is 9.58. The van der Waals surface area contributed by atoms with Crippen LogP contribution in [0.1, 0.15) is 6.92 Å². The quantitative estimate of drug-likeness (QED) is 0.548. The summed E-state index contributed by atoms with van der Waals surface area (Å²) in [6.45, 7) is 1.35. The molecule has 0 aliphatic rings. The minimum Gasteiger partial charge on any atom is -0.827 e. The van der Waals surface area contributed by atoms with Gasteiger partial charge in [-0.2, -0.15) is 0 Å². The zero-order valence-corrected chi connectivity index (χ0v) is 4.85. The first-order valence-corrected chi connectivity index (χ1v) is 1.94. The van der Waals surface area contributed by atoms with Gasteiger partial charge in [0, 0.05) is 6.29 Å². The van der Waals surface area contributed by atoms with Gasteiger partial charge in [-0.1, -0.05) is 0 Å². The SMILES string of the molecule is C[C]([O-])OI. The molecule has 2 nitrogen and oxygen atoms in total. The van der Waals surface area contributed by atoms with E-state index in [-0.39, 0.29) is 6.29 Å². The molecule has 0 atom stereocenters. The molecule has 0 saturated heterocycles. The molecule has 0 spiro atoms. The smallest absolute Gasteiger partial charge is 0.108 e. The Labute approximate surface area is 44.8 Å². The van der Waals surface area contributed by atoms with Gasteiger partial charge in [0.15, 0.2) is 0 Å². The lowest BCUT2D eigenvalue weighted by molar-refractivity contribution is -0.388. The fraction of sp³-hybridized carbons (Fsp3) is 0.500. The summed E-state index contributed by atoms with van der Waals surface area (Å²) >= 11 is 1.53. The largest absolute Gasteiger partial charge is 0.827 e. The normalized spacial score (nSPS) is 9.60. The van der Waals surface area contributed by atoms with Gasteiger partial charge in [0.1, 0.15) is 23.0 Å². The van der Waals surface area contributed by atoms with E-state index in [0.717, 1.165) is 0 Å². The Morgan fingerprint density at radius 2 is 2.20 bits per heavy atom. The molecule has 0 aliphatic carbocycles. The van der Waals surface area contributed by atoms with Crippen molar-refractivity contribution in [2.24, 2.45) is 0 Å². The predicted molar refractivity (Wildman–Crippen MR) is 24.0 cm³/mol. The summed E-state index contributed by atoms with van der Waals surface area (Å²) in [6.07, 6.45) is -0.259. The van der Waals surface area contributed by atoms with Gasteiger partial charge in [0.25, 0.3) is 0 Å². The van der Waals surface area contributed by atoms with Crippen LogP contribution in [0.4, 0.5) is 0 Å². The van der Waals surface area contributed by atoms with Crippen molar-refractivity contribution < 1.29 is 8.17 Å². The average Bonchev–Trinajstić information content (AvgIpc) is 1.38. The molecule has 0 heterocycles. The maximum Gasteiger partial charge on any atom is 0.108 e. The summed E-state index contributed by atoms with van der Waals surface area (Å²) in [7, 11) is 0. The second-order valence-corrected chi connectivity index (χ2v) is 1.01. The van der Waals surface area contributed by atoms with Crippen molar-refractivity contribution in [1.82, 2.24) is 0 Å². The second kappa shape index (κ2) is 2.87. The molecule has 5 heavy (non-hydrogen) atoms. The van der Waals surface area contributed by atoms with Gasteiger partial charge >= 0.3 is 0 Å². The van der Waals surface area contributed by atoms with E-state index in [4.69, 9.17) is 0 Å². The molecule has 0 rings (SSSR count). The van der Waals surface area contributed by atoms with Crippen LogP contribution in [-0.4, -0.2) is 0 Å². The van der Waals surface area contributed by atoms with Crippen LogP contribution < -0.4 is 5.11 Å². The van der Waals surface area contributed by atoms with Gasteiger partial charge in [-0.25, -0.2) is 0 Å². The Bertz CT molecular complexity index is 21.6. The summed E-state index contributed by atoms with van der Waals surface area (Å²) in [4.78, 5) is 0. The van der Waals surface area contributed by atoms with Gasteiger partial charge in [-0.15, -0.1) is 0 Å². The van der Waals surface area contributed by atoms with E-state index >= 15 is 0 Å². The highest BCUT2D eigenvalue weighted by Gasteiger charge is 1.70. The Morgan fingerprint density at radius 1 is 2.00 bits per heavy atom. The van der Waals surface area contributed by atoms with E-state index in [9.17, 15) is 5.11 Å². The Balaban J connectivity index is 2.54. The molecule has 31 valence electrons. The highest BCUT2D eigenvalue weighted by atomic mass is 127. The minimum atomic E-state index is -0.259. The highest BCUT2D eigenvalue weighted by molar-refractivity contribution is 14.1. The first kappa shape index (κ1) is 5.65. The van der Waals surface area contributed by atoms with Gasteiger partial charge in [0.2, 0.25) is 0 Å². The molecule has 0 bridgehead atoms. The van der Waals surface area contributed by atoms with Crippen molar-refractivity contribution in [3.63, 3.8) is 0 Å². The van der Waals surface area contributed by atoms with Crippen molar-refractivity contribution >= 4 is 23.0 Å². The third kappa shape index (κ3) is 4.65. The van der Waals surface area contributed by atoms with Crippen LogP contribution in [0.3, 0.4) is 0 Å². The van der Waals surface area contributed by atoms with Crippen LogP contribution in [-0.2, 0) is 3.07 Å². The van der Waals surface area contributed by atoms with Crippen molar-refractivity contribution in [2.45, 2.75) is 6.92 Å². The van der Waals surface area contributed by atoms with Crippen LogP contribution in [0.25, 0.3) is 0 Å². The number of halogens is 1. The van der Waals surface area contributed by atoms with Gasteiger partial charge in [-0.05, 0) is 6.92 Å². The average molecular weight is 186 g/mol. The third-order valence-corrected chi connectivity index (χ3v) is 0.729. The van der Waals surface area contributed by atoms with Gasteiger partial charge in [0.05, 0.1) is 0 Å². The molecule has 0 amide bonds. The van der Waals surface area contributed by atoms with E-state index in [2.05, 4.69) is 3.07 Å². The molecule has 0 unspecified atom stereocenters. The first-order valence-electron chi connectivity index (χ1n) is 1.06. The van der Waals surface area contributed by atoms with Crippen LogP contribution in [0, 0.1) is 6.29 Å². The Hall–Kier alpha value is 0.650. The standard InChI is InChI=1S/C2H3IO2/c1-2(4)5-3/h1H3/q-1. The van der Waals surface area contributed by atoms with Crippen LogP contribution >= 0.6 is 23.0 Å². The van der Waals surface area contributed by atoms with Crippen molar-refractivity contribution in [1.29, 1.82) is 0 Å². The highest BCUT2D eigenvalue weighted by Crippen LogP contribution is 1.93. The lowest BCUT2D eigenvalue weighted by Crippen LogP contribution is -2.08. The zero-order chi connectivity index (χ0) is 4.28. The molecule has 0 N–H and O–H groups in total. The molecule has 0 saturated carbocycles. The predicted octanol–water partition coefficient (Wildman–Crippen LogP) is 0.223. The zero-order valence-electron chi connectivity index (χ0n) is 2.69. The van der Waals surface area contributed by atoms with Gasteiger partial charge < -0.3 is 8.17 Å².